The van der Waals surface area contributed by atoms with E-state index in [0.29, 0.717) is 11.3 Å². The molecule has 3 rings (SSSR count). The number of carbonyl (C=O) groups is 1. The van der Waals surface area contributed by atoms with Gasteiger partial charge >= 0.3 is 0 Å². The van der Waals surface area contributed by atoms with Crippen LogP contribution in [0.1, 0.15) is 30.9 Å². The number of nitrogens with zero attached hydrogens (tertiary/aromatic N) is 2. The van der Waals surface area contributed by atoms with Gasteiger partial charge in [-0.15, -0.1) is 0 Å². The summed E-state index contributed by atoms with van der Waals surface area (Å²) in [5.74, 6) is 0.634. The van der Waals surface area contributed by atoms with Gasteiger partial charge in [0.2, 0.25) is 15.9 Å². The molecule has 0 aliphatic carbocycles. The van der Waals surface area contributed by atoms with Gasteiger partial charge < -0.3 is 10.2 Å². The Hall–Kier alpha value is -2.45. The molecule has 1 saturated heterocycles. The van der Waals surface area contributed by atoms with Crippen LogP contribution >= 0.6 is 0 Å². The summed E-state index contributed by atoms with van der Waals surface area (Å²) in [6.07, 6.45) is 4.02. The third-order valence-electron chi connectivity index (χ3n) is 4.50. The molecule has 0 radical (unpaired) electrons. The van der Waals surface area contributed by atoms with Crippen LogP contribution in [0.15, 0.2) is 41.4 Å². The zero-order chi connectivity index (χ0) is 19.4. The Bertz CT molecular complexity index is 938. The lowest BCUT2D eigenvalue weighted by Crippen LogP contribution is -2.25. The number of anilines is 2. The number of aromatic nitrogens is 1. The van der Waals surface area contributed by atoms with Crippen molar-refractivity contribution in [3.05, 3.63) is 47.7 Å². The summed E-state index contributed by atoms with van der Waals surface area (Å²) in [6.45, 7) is 5.25. The molecule has 27 heavy (non-hydrogen) atoms. The predicted molar refractivity (Wildman–Crippen MR) is 105 cm³/mol. The van der Waals surface area contributed by atoms with Gasteiger partial charge in [-0.2, -0.15) is 0 Å². The largest absolute Gasteiger partial charge is 0.357 e. The smallest absolute Gasteiger partial charge is 0.241 e. The Morgan fingerprint density at radius 3 is 2.63 bits per heavy atom. The van der Waals surface area contributed by atoms with Crippen molar-refractivity contribution in [1.29, 1.82) is 0 Å². The van der Waals surface area contributed by atoms with Crippen molar-refractivity contribution in [3.63, 3.8) is 0 Å². The van der Waals surface area contributed by atoms with Crippen LogP contribution in [0.2, 0.25) is 0 Å². The van der Waals surface area contributed by atoms with Crippen LogP contribution in [0, 0.1) is 6.92 Å². The molecule has 1 aromatic carbocycles. The van der Waals surface area contributed by atoms with Gasteiger partial charge in [0.15, 0.2) is 0 Å². The summed E-state index contributed by atoms with van der Waals surface area (Å²) < 4.78 is 28.2. The van der Waals surface area contributed by atoms with Crippen molar-refractivity contribution in [3.8, 4) is 0 Å². The molecule has 8 heteroatoms. The quantitative estimate of drug-likeness (QED) is 0.793. The number of rotatable bonds is 6. The van der Waals surface area contributed by atoms with E-state index in [4.69, 9.17) is 0 Å². The minimum atomic E-state index is -3.71. The summed E-state index contributed by atoms with van der Waals surface area (Å²) in [7, 11) is -3.71. The molecule has 144 valence electrons. The van der Waals surface area contributed by atoms with Gasteiger partial charge in [-0.1, -0.05) is 6.07 Å². The minimum Gasteiger partial charge on any atom is -0.357 e. The van der Waals surface area contributed by atoms with E-state index in [0.717, 1.165) is 37.3 Å². The van der Waals surface area contributed by atoms with Crippen molar-refractivity contribution < 1.29 is 13.2 Å². The van der Waals surface area contributed by atoms with Gasteiger partial charge in [0.1, 0.15) is 5.82 Å². The predicted octanol–water partition coefficient (Wildman–Crippen LogP) is 2.43. The van der Waals surface area contributed by atoms with Crippen LogP contribution in [0.4, 0.5) is 11.5 Å². The molecular weight excluding hydrogens is 364 g/mol. The number of carbonyl (C=O) groups excluding carboxylic acids is 1. The highest BCUT2D eigenvalue weighted by Gasteiger charge is 2.18. The van der Waals surface area contributed by atoms with Crippen LogP contribution in [-0.2, 0) is 21.4 Å². The van der Waals surface area contributed by atoms with Crippen LogP contribution in [-0.4, -0.2) is 32.4 Å². The first kappa shape index (κ1) is 19.3. The summed E-state index contributed by atoms with van der Waals surface area (Å²) in [5, 5.41) is 2.61. The van der Waals surface area contributed by atoms with E-state index in [9.17, 15) is 13.2 Å². The summed E-state index contributed by atoms with van der Waals surface area (Å²) in [5.41, 5.74) is 1.92. The molecule has 0 spiro atoms. The maximum atomic E-state index is 12.8. The molecule has 1 aliphatic rings. The average molecular weight is 388 g/mol. The molecule has 0 atom stereocenters. The highest BCUT2D eigenvalue weighted by molar-refractivity contribution is 7.89. The maximum absolute atomic E-state index is 12.8. The molecule has 7 nitrogen and oxygen atoms in total. The Kier molecular flexibility index (Phi) is 5.76. The normalized spacial score (nSPS) is 14.4. The van der Waals surface area contributed by atoms with Crippen LogP contribution in [0.25, 0.3) is 0 Å². The third-order valence-corrected chi connectivity index (χ3v) is 6.05. The molecule has 2 heterocycles. The maximum Gasteiger partial charge on any atom is 0.241 e. The molecule has 0 bridgehead atoms. The van der Waals surface area contributed by atoms with Crippen LogP contribution in [0.5, 0.6) is 0 Å². The molecular formula is C19H24N4O3S. The molecule has 0 unspecified atom stereocenters. The summed E-state index contributed by atoms with van der Waals surface area (Å²) in [4.78, 5) is 18.0. The molecule has 1 aliphatic heterocycles. The molecule has 2 N–H and O–H groups in total. The number of amides is 1. The molecule has 2 aromatic rings. The van der Waals surface area contributed by atoms with E-state index in [2.05, 4.69) is 19.9 Å². The fraction of sp³-hybridized carbons (Fsp3) is 0.368. The van der Waals surface area contributed by atoms with E-state index in [1.165, 1.54) is 13.0 Å². The second kappa shape index (κ2) is 8.06. The lowest BCUT2D eigenvalue weighted by Gasteiger charge is -2.17. The number of hydrogen-bond donors (Lipinski definition) is 2. The average Bonchev–Trinajstić information content (AvgIpc) is 3.16. The third kappa shape index (κ3) is 4.84. The highest BCUT2D eigenvalue weighted by Crippen LogP contribution is 2.21. The summed E-state index contributed by atoms with van der Waals surface area (Å²) in [6, 6.07) is 8.57. The number of nitrogens with one attached hydrogen (secondary N) is 2. The highest BCUT2D eigenvalue weighted by atomic mass is 32.2. The fourth-order valence-electron chi connectivity index (χ4n) is 3.12. The standard InChI is InChI=1S/C19H24N4O3S/c1-14-5-6-17(22-15(2)24)12-18(14)27(25,26)21-13-16-7-8-20-19(11-16)23-9-3-4-10-23/h5-8,11-12,21H,3-4,9-10,13H2,1-2H3,(H,22,24). The van der Waals surface area contributed by atoms with Gasteiger partial charge in [-0.25, -0.2) is 18.1 Å². The van der Waals surface area contributed by atoms with Gasteiger partial charge in [0.25, 0.3) is 0 Å². The van der Waals surface area contributed by atoms with Crippen molar-refractivity contribution in [2.45, 2.75) is 38.1 Å². The number of hydrogen-bond acceptors (Lipinski definition) is 5. The lowest BCUT2D eigenvalue weighted by molar-refractivity contribution is -0.114. The Labute approximate surface area is 159 Å². The fourth-order valence-corrected chi connectivity index (χ4v) is 4.40. The van der Waals surface area contributed by atoms with E-state index in [1.54, 1.807) is 25.3 Å². The van der Waals surface area contributed by atoms with Crippen molar-refractivity contribution in [2.75, 3.05) is 23.3 Å². The number of pyridine rings is 1. The SMILES string of the molecule is CC(=O)Nc1ccc(C)c(S(=O)(=O)NCc2ccnc(N3CCCC3)c2)c1. The summed E-state index contributed by atoms with van der Waals surface area (Å²) >= 11 is 0. The monoisotopic (exact) mass is 388 g/mol. The number of benzene rings is 1. The molecule has 1 amide bonds. The van der Waals surface area contributed by atoms with E-state index < -0.39 is 10.0 Å². The van der Waals surface area contributed by atoms with Gasteiger partial charge in [0, 0.05) is 38.4 Å². The first-order chi connectivity index (χ1) is 12.8. The minimum absolute atomic E-state index is 0.155. The molecule has 1 fully saturated rings. The van der Waals surface area contributed by atoms with Crippen LogP contribution < -0.4 is 14.9 Å². The lowest BCUT2D eigenvalue weighted by atomic mass is 10.2. The van der Waals surface area contributed by atoms with Crippen LogP contribution in [0.3, 0.4) is 0 Å². The van der Waals surface area contributed by atoms with Gasteiger partial charge in [-0.05, 0) is 55.2 Å². The van der Waals surface area contributed by atoms with Gasteiger partial charge in [0.05, 0.1) is 4.90 Å². The molecule has 0 saturated carbocycles. The Morgan fingerprint density at radius 2 is 1.93 bits per heavy atom. The first-order valence-electron chi connectivity index (χ1n) is 8.93. The van der Waals surface area contributed by atoms with E-state index in [-0.39, 0.29) is 17.3 Å². The zero-order valence-corrected chi connectivity index (χ0v) is 16.3. The number of aryl methyl sites for hydroxylation is 1. The number of sulfonamides is 1. The van der Waals surface area contributed by atoms with Crippen molar-refractivity contribution in [1.82, 2.24) is 9.71 Å². The van der Waals surface area contributed by atoms with E-state index in [1.807, 2.05) is 12.1 Å². The second-order valence-electron chi connectivity index (χ2n) is 6.70. The van der Waals surface area contributed by atoms with Crippen molar-refractivity contribution >= 4 is 27.4 Å². The van der Waals surface area contributed by atoms with Crippen molar-refractivity contribution in [2.24, 2.45) is 0 Å². The topological polar surface area (TPSA) is 91.4 Å². The Morgan fingerprint density at radius 1 is 1.19 bits per heavy atom. The second-order valence-corrected chi connectivity index (χ2v) is 8.44. The molecule has 1 aromatic heterocycles. The zero-order valence-electron chi connectivity index (χ0n) is 15.5. The first-order valence-corrected chi connectivity index (χ1v) is 10.4. The van der Waals surface area contributed by atoms with E-state index >= 15 is 0 Å². The Balaban J connectivity index is 1.75. The van der Waals surface area contributed by atoms with Gasteiger partial charge in [-0.3, -0.25) is 4.79 Å².